The van der Waals surface area contributed by atoms with Gasteiger partial charge >= 0.3 is 0 Å². The van der Waals surface area contributed by atoms with Gasteiger partial charge in [-0.25, -0.2) is 0 Å². The van der Waals surface area contributed by atoms with Gasteiger partial charge in [-0.3, -0.25) is 9.11 Å². The maximum Gasteiger partial charge on any atom is 0.298 e. The van der Waals surface area contributed by atoms with Gasteiger partial charge in [-0.1, -0.05) is 0 Å². The van der Waals surface area contributed by atoms with E-state index in [0.717, 1.165) is 0 Å². The summed E-state index contributed by atoms with van der Waals surface area (Å²) in [5.41, 5.74) is 0. The molecule has 0 heterocycles. The van der Waals surface area contributed by atoms with Crippen molar-refractivity contribution < 1.29 is 36.2 Å². The van der Waals surface area contributed by atoms with Crippen molar-refractivity contribution in [2.75, 3.05) is 0 Å². The summed E-state index contributed by atoms with van der Waals surface area (Å²) in [6.07, 6.45) is 0. The van der Waals surface area contributed by atoms with Crippen molar-refractivity contribution in [1.29, 1.82) is 0 Å². The molecule has 0 saturated carbocycles. The molecule has 0 aliphatic carbocycles. The van der Waals surface area contributed by atoms with Gasteiger partial charge in [-0.05, 0) is 6.07 Å². The van der Waals surface area contributed by atoms with Crippen LogP contribution in [0.1, 0.15) is 0 Å². The zero-order chi connectivity index (χ0) is 12.7. The van der Waals surface area contributed by atoms with E-state index in [0.29, 0.717) is 12.1 Å². The third-order valence-electron chi connectivity index (χ3n) is 1.60. The van der Waals surface area contributed by atoms with Crippen molar-refractivity contribution in [3.8, 4) is 11.5 Å². The number of benzene rings is 1. The fourth-order valence-electron chi connectivity index (χ4n) is 0.914. The summed E-state index contributed by atoms with van der Waals surface area (Å²) in [7, 11) is -9.70. The largest absolute Gasteiger partial charge is 0.504 e. The zero-order valence-corrected chi connectivity index (χ0v) is 12.0. The first-order valence-corrected chi connectivity index (χ1v) is 6.42. The first-order valence-electron chi connectivity index (χ1n) is 3.54. The third-order valence-corrected chi connectivity index (χ3v) is 3.30. The Hall–Kier alpha value is -0.360. The number of hydrogen-bond donors (Lipinski definition) is 4. The fourth-order valence-corrected chi connectivity index (χ4v) is 2.14. The molecule has 0 atom stereocenters. The molecular formula is C6H6NaO8S2. The molecule has 4 N–H and O–H groups in total. The molecule has 0 aromatic heterocycles. The first-order chi connectivity index (χ1) is 7.03. The number of aromatic hydroxyl groups is 2. The molecule has 0 aliphatic rings. The van der Waals surface area contributed by atoms with E-state index >= 15 is 0 Å². The molecule has 0 amide bonds. The number of rotatable bonds is 2. The van der Waals surface area contributed by atoms with Crippen molar-refractivity contribution >= 4 is 49.8 Å². The summed E-state index contributed by atoms with van der Waals surface area (Å²) in [6.45, 7) is 0. The molecule has 0 fully saturated rings. The normalized spacial score (nSPS) is 11.9. The van der Waals surface area contributed by atoms with E-state index in [1.54, 1.807) is 0 Å². The van der Waals surface area contributed by atoms with E-state index in [4.69, 9.17) is 19.3 Å². The molecule has 0 aliphatic heterocycles. The van der Waals surface area contributed by atoms with Gasteiger partial charge in [0.2, 0.25) is 0 Å². The Kier molecular flexibility index (Phi) is 4.99. The van der Waals surface area contributed by atoms with E-state index in [9.17, 15) is 16.8 Å². The summed E-state index contributed by atoms with van der Waals surface area (Å²) in [4.78, 5) is -2.20. The Labute approximate surface area is 119 Å². The fraction of sp³-hybridized carbons (Fsp3) is 0. The molecule has 0 spiro atoms. The standard InChI is InChI=1S/C6H6O8S2.Na/c7-4-1-3(15(9,10)11)2-5(6(4)8)16(12,13)14;/h1-2,7-8H,(H,9,10,11)(H,12,13,14);. The molecule has 0 saturated heterocycles. The van der Waals surface area contributed by atoms with Gasteiger partial charge in [0.1, 0.15) is 4.90 Å². The number of phenolic OH excluding ortho intramolecular Hbond substituents is 2. The Bertz CT molecular complexity index is 632. The molecule has 91 valence electrons. The van der Waals surface area contributed by atoms with Crippen molar-refractivity contribution in [1.82, 2.24) is 0 Å². The second-order valence-electron chi connectivity index (χ2n) is 2.74. The molecule has 0 unspecified atom stereocenters. The van der Waals surface area contributed by atoms with Crippen LogP contribution in [0.15, 0.2) is 21.9 Å². The van der Waals surface area contributed by atoms with E-state index < -0.39 is 41.5 Å². The summed E-state index contributed by atoms with van der Waals surface area (Å²) >= 11 is 0. The molecule has 1 radical (unpaired) electrons. The van der Waals surface area contributed by atoms with Gasteiger partial charge in [0.15, 0.2) is 11.5 Å². The van der Waals surface area contributed by atoms with Crippen LogP contribution in [0.3, 0.4) is 0 Å². The maximum atomic E-state index is 10.7. The predicted octanol–water partition coefficient (Wildman–Crippen LogP) is -0.790. The van der Waals surface area contributed by atoms with Crippen LogP contribution in [0.5, 0.6) is 11.5 Å². The Morgan fingerprint density at radius 2 is 1.35 bits per heavy atom. The topological polar surface area (TPSA) is 149 Å². The quantitative estimate of drug-likeness (QED) is 0.315. The maximum absolute atomic E-state index is 10.7. The second-order valence-corrected chi connectivity index (χ2v) is 5.55. The van der Waals surface area contributed by atoms with E-state index in [2.05, 4.69) is 0 Å². The third kappa shape index (κ3) is 3.81. The average molecular weight is 293 g/mol. The molecule has 1 rings (SSSR count). The zero-order valence-electron chi connectivity index (χ0n) is 8.39. The Balaban J connectivity index is 0.00000256. The van der Waals surface area contributed by atoms with Crippen molar-refractivity contribution in [3.63, 3.8) is 0 Å². The monoisotopic (exact) mass is 293 g/mol. The van der Waals surface area contributed by atoms with Gasteiger partial charge < -0.3 is 10.2 Å². The van der Waals surface area contributed by atoms with Gasteiger partial charge in [0, 0.05) is 35.6 Å². The summed E-state index contributed by atoms with van der Waals surface area (Å²) in [6, 6.07) is 0.735. The molecule has 11 heteroatoms. The molecule has 8 nitrogen and oxygen atoms in total. The van der Waals surface area contributed by atoms with Gasteiger partial charge in [0.05, 0.1) is 4.90 Å². The minimum atomic E-state index is -4.92. The predicted molar refractivity (Wildman–Crippen MR) is 55.2 cm³/mol. The van der Waals surface area contributed by atoms with Crippen molar-refractivity contribution in [2.24, 2.45) is 0 Å². The van der Waals surface area contributed by atoms with E-state index in [1.807, 2.05) is 0 Å². The van der Waals surface area contributed by atoms with E-state index in [-0.39, 0.29) is 29.6 Å². The van der Waals surface area contributed by atoms with Crippen LogP contribution in [0, 0.1) is 0 Å². The summed E-state index contributed by atoms with van der Waals surface area (Å²) in [5.74, 6) is -2.32. The molecular weight excluding hydrogens is 287 g/mol. The summed E-state index contributed by atoms with van der Waals surface area (Å²) < 4.78 is 59.9. The smallest absolute Gasteiger partial charge is 0.298 e. The van der Waals surface area contributed by atoms with Crippen LogP contribution in [0.2, 0.25) is 0 Å². The molecule has 0 bridgehead atoms. The van der Waals surface area contributed by atoms with Crippen molar-refractivity contribution in [3.05, 3.63) is 12.1 Å². The number of phenols is 2. The van der Waals surface area contributed by atoms with Gasteiger partial charge in [-0.15, -0.1) is 0 Å². The molecule has 17 heavy (non-hydrogen) atoms. The van der Waals surface area contributed by atoms with Crippen LogP contribution in [-0.4, -0.2) is 65.7 Å². The average Bonchev–Trinajstić information content (AvgIpc) is 2.05. The first kappa shape index (κ1) is 16.6. The SMILES string of the molecule is O=S(=O)(O)c1cc(O)c(O)c(S(=O)(=O)O)c1.[Na]. The van der Waals surface area contributed by atoms with Crippen LogP contribution >= 0.6 is 0 Å². The van der Waals surface area contributed by atoms with Crippen molar-refractivity contribution in [2.45, 2.75) is 9.79 Å². The van der Waals surface area contributed by atoms with Crippen LogP contribution in [0.4, 0.5) is 0 Å². The second kappa shape index (κ2) is 5.10. The van der Waals surface area contributed by atoms with Crippen LogP contribution in [0.25, 0.3) is 0 Å². The minimum Gasteiger partial charge on any atom is -0.504 e. The van der Waals surface area contributed by atoms with Gasteiger partial charge in [-0.2, -0.15) is 16.8 Å². The van der Waals surface area contributed by atoms with E-state index in [1.165, 1.54) is 0 Å². The number of hydrogen-bond acceptors (Lipinski definition) is 6. The van der Waals surface area contributed by atoms with Gasteiger partial charge in [0.25, 0.3) is 20.2 Å². The Morgan fingerprint density at radius 1 is 0.882 bits per heavy atom. The minimum absolute atomic E-state index is 0. The molecule has 1 aromatic rings. The Morgan fingerprint density at radius 3 is 1.71 bits per heavy atom. The summed E-state index contributed by atoms with van der Waals surface area (Å²) in [5, 5.41) is 18.1. The van der Waals surface area contributed by atoms with Crippen LogP contribution in [-0.2, 0) is 20.2 Å². The van der Waals surface area contributed by atoms with Crippen LogP contribution < -0.4 is 0 Å². The molecule has 1 aromatic carbocycles.